The Morgan fingerprint density at radius 1 is 1.25 bits per heavy atom. The summed E-state index contributed by atoms with van der Waals surface area (Å²) >= 11 is 0. The van der Waals surface area contributed by atoms with Crippen molar-refractivity contribution < 1.29 is 9.47 Å². The van der Waals surface area contributed by atoms with Crippen molar-refractivity contribution in [1.29, 1.82) is 0 Å². The van der Waals surface area contributed by atoms with Crippen molar-refractivity contribution in [1.82, 2.24) is 0 Å². The zero-order valence-electron chi connectivity index (χ0n) is 10.4. The maximum atomic E-state index is 6.09. The first-order valence-electron chi connectivity index (χ1n) is 6.74. The summed E-state index contributed by atoms with van der Waals surface area (Å²) in [6.07, 6.45) is 7.69. The Kier molecular flexibility index (Phi) is 4.62. The third kappa shape index (κ3) is 3.44. The van der Waals surface area contributed by atoms with E-state index in [4.69, 9.17) is 15.2 Å². The summed E-state index contributed by atoms with van der Waals surface area (Å²) in [6, 6.07) is 0.236. The summed E-state index contributed by atoms with van der Waals surface area (Å²) in [6.45, 7) is 3.94. The molecule has 4 unspecified atom stereocenters. The number of hydrogen-bond acceptors (Lipinski definition) is 3. The molecule has 0 aromatic rings. The normalized spacial score (nSPS) is 40.9. The largest absolute Gasteiger partial charge is 0.376 e. The fraction of sp³-hybridized carbons (Fsp3) is 1.00. The lowest BCUT2D eigenvalue weighted by atomic mass is 9.85. The summed E-state index contributed by atoms with van der Waals surface area (Å²) < 4.78 is 11.6. The standard InChI is InChI=1S/C13H25NO2/c1-10-5-6-12(14)13(8-10)16-9-11-4-2-3-7-15-11/h10-13H,2-9,14H2,1H3. The van der Waals surface area contributed by atoms with Gasteiger partial charge in [0.2, 0.25) is 0 Å². The highest BCUT2D eigenvalue weighted by Crippen LogP contribution is 2.25. The van der Waals surface area contributed by atoms with Crippen LogP contribution in [-0.2, 0) is 9.47 Å². The molecule has 94 valence electrons. The molecule has 0 amide bonds. The fourth-order valence-corrected chi connectivity index (χ4v) is 2.71. The summed E-state index contributed by atoms with van der Waals surface area (Å²) in [5, 5.41) is 0. The van der Waals surface area contributed by atoms with Crippen LogP contribution in [-0.4, -0.2) is 31.5 Å². The van der Waals surface area contributed by atoms with E-state index in [9.17, 15) is 0 Å². The molecule has 0 aromatic carbocycles. The van der Waals surface area contributed by atoms with Crippen LogP contribution in [0.15, 0.2) is 0 Å². The molecule has 0 radical (unpaired) electrons. The minimum absolute atomic E-state index is 0.236. The molecule has 1 aliphatic carbocycles. The first-order valence-corrected chi connectivity index (χ1v) is 6.74. The second-order valence-electron chi connectivity index (χ2n) is 5.44. The van der Waals surface area contributed by atoms with Crippen molar-refractivity contribution in [3.05, 3.63) is 0 Å². The Bertz CT molecular complexity index is 204. The van der Waals surface area contributed by atoms with Crippen molar-refractivity contribution >= 4 is 0 Å². The minimum atomic E-state index is 0.236. The van der Waals surface area contributed by atoms with Gasteiger partial charge in [0.15, 0.2) is 0 Å². The third-order valence-corrected chi connectivity index (χ3v) is 3.88. The van der Waals surface area contributed by atoms with Crippen LogP contribution in [0.1, 0.15) is 45.4 Å². The molecule has 0 aromatic heterocycles. The van der Waals surface area contributed by atoms with Crippen LogP contribution >= 0.6 is 0 Å². The maximum absolute atomic E-state index is 6.09. The number of hydrogen-bond donors (Lipinski definition) is 1. The Morgan fingerprint density at radius 2 is 2.12 bits per heavy atom. The molecule has 2 rings (SSSR count). The van der Waals surface area contributed by atoms with E-state index in [2.05, 4.69) is 6.92 Å². The van der Waals surface area contributed by atoms with E-state index >= 15 is 0 Å². The van der Waals surface area contributed by atoms with Crippen molar-refractivity contribution in [3.8, 4) is 0 Å². The Morgan fingerprint density at radius 3 is 2.88 bits per heavy atom. The van der Waals surface area contributed by atoms with Crippen LogP contribution < -0.4 is 5.73 Å². The molecular formula is C13H25NO2. The molecule has 2 fully saturated rings. The molecule has 1 saturated carbocycles. The van der Waals surface area contributed by atoms with Crippen molar-refractivity contribution in [2.45, 2.75) is 63.7 Å². The quantitative estimate of drug-likeness (QED) is 0.803. The van der Waals surface area contributed by atoms with E-state index in [1.807, 2.05) is 0 Å². The molecule has 3 heteroatoms. The zero-order valence-corrected chi connectivity index (χ0v) is 10.4. The predicted molar refractivity (Wildman–Crippen MR) is 64.3 cm³/mol. The van der Waals surface area contributed by atoms with Gasteiger partial charge in [-0.05, 0) is 44.4 Å². The molecule has 1 aliphatic heterocycles. The lowest BCUT2D eigenvalue weighted by molar-refractivity contribution is -0.0786. The van der Waals surface area contributed by atoms with Crippen LogP contribution in [0, 0.1) is 5.92 Å². The SMILES string of the molecule is CC1CCC(N)C(OCC2CCCCO2)C1. The average molecular weight is 227 g/mol. The Hall–Kier alpha value is -0.120. The van der Waals surface area contributed by atoms with Crippen molar-refractivity contribution in [2.75, 3.05) is 13.2 Å². The van der Waals surface area contributed by atoms with E-state index in [1.165, 1.54) is 19.3 Å². The van der Waals surface area contributed by atoms with E-state index in [0.717, 1.165) is 38.4 Å². The number of nitrogens with two attached hydrogens (primary N) is 1. The van der Waals surface area contributed by atoms with Gasteiger partial charge in [-0.15, -0.1) is 0 Å². The van der Waals surface area contributed by atoms with Gasteiger partial charge in [0.25, 0.3) is 0 Å². The second kappa shape index (κ2) is 5.99. The smallest absolute Gasteiger partial charge is 0.0808 e. The van der Waals surface area contributed by atoms with Crippen LogP contribution in [0.2, 0.25) is 0 Å². The van der Waals surface area contributed by atoms with Crippen molar-refractivity contribution in [2.24, 2.45) is 11.7 Å². The van der Waals surface area contributed by atoms with Crippen LogP contribution in [0.3, 0.4) is 0 Å². The monoisotopic (exact) mass is 227 g/mol. The molecular weight excluding hydrogens is 202 g/mol. The van der Waals surface area contributed by atoms with E-state index in [0.29, 0.717) is 6.10 Å². The van der Waals surface area contributed by atoms with Crippen molar-refractivity contribution in [3.63, 3.8) is 0 Å². The third-order valence-electron chi connectivity index (χ3n) is 3.88. The average Bonchev–Trinajstić information content (AvgIpc) is 2.32. The van der Waals surface area contributed by atoms with E-state index < -0.39 is 0 Å². The predicted octanol–water partition coefficient (Wildman–Crippen LogP) is 2.09. The van der Waals surface area contributed by atoms with Crippen LogP contribution in [0.5, 0.6) is 0 Å². The molecule has 3 nitrogen and oxygen atoms in total. The topological polar surface area (TPSA) is 44.5 Å². The second-order valence-corrected chi connectivity index (χ2v) is 5.44. The highest BCUT2D eigenvalue weighted by atomic mass is 16.5. The molecule has 2 N–H and O–H groups in total. The van der Waals surface area contributed by atoms with Gasteiger partial charge in [-0.2, -0.15) is 0 Å². The highest BCUT2D eigenvalue weighted by Gasteiger charge is 2.27. The van der Waals surface area contributed by atoms with Crippen LogP contribution in [0.4, 0.5) is 0 Å². The first kappa shape index (κ1) is 12.3. The molecule has 1 saturated heterocycles. The molecule has 0 bridgehead atoms. The van der Waals surface area contributed by atoms with Gasteiger partial charge < -0.3 is 15.2 Å². The summed E-state index contributed by atoms with van der Waals surface area (Å²) in [5.41, 5.74) is 6.09. The maximum Gasteiger partial charge on any atom is 0.0808 e. The fourth-order valence-electron chi connectivity index (χ4n) is 2.71. The van der Waals surface area contributed by atoms with Gasteiger partial charge in [0.1, 0.15) is 0 Å². The zero-order chi connectivity index (χ0) is 11.4. The lowest BCUT2D eigenvalue weighted by Crippen LogP contribution is -2.43. The number of ether oxygens (including phenoxy) is 2. The number of rotatable bonds is 3. The molecule has 0 spiro atoms. The van der Waals surface area contributed by atoms with Gasteiger partial charge in [-0.25, -0.2) is 0 Å². The highest BCUT2D eigenvalue weighted by molar-refractivity contribution is 4.82. The molecule has 16 heavy (non-hydrogen) atoms. The minimum Gasteiger partial charge on any atom is -0.376 e. The first-order chi connectivity index (χ1) is 7.75. The molecule has 1 heterocycles. The summed E-state index contributed by atoms with van der Waals surface area (Å²) in [5.74, 6) is 0.761. The summed E-state index contributed by atoms with van der Waals surface area (Å²) in [4.78, 5) is 0. The molecule has 4 atom stereocenters. The van der Waals surface area contributed by atoms with E-state index in [-0.39, 0.29) is 12.1 Å². The van der Waals surface area contributed by atoms with Crippen LogP contribution in [0.25, 0.3) is 0 Å². The Labute approximate surface area is 98.7 Å². The van der Waals surface area contributed by atoms with Gasteiger partial charge >= 0.3 is 0 Å². The summed E-state index contributed by atoms with van der Waals surface area (Å²) in [7, 11) is 0. The van der Waals surface area contributed by atoms with E-state index in [1.54, 1.807) is 0 Å². The van der Waals surface area contributed by atoms with Gasteiger partial charge in [0, 0.05) is 12.6 Å². The Balaban J connectivity index is 1.71. The lowest BCUT2D eigenvalue weighted by Gasteiger charge is -2.34. The van der Waals surface area contributed by atoms with Gasteiger partial charge in [-0.1, -0.05) is 6.92 Å². The van der Waals surface area contributed by atoms with Gasteiger partial charge in [0.05, 0.1) is 18.8 Å². The van der Waals surface area contributed by atoms with Gasteiger partial charge in [-0.3, -0.25) is 0 Å². The molecule has 2 aliphatic rings.